The summed E-state index contributed by atoms with van der Waals surface area (Å²) in [7, 11) is 0. The van der Waals surface area contributed by atoms with Crippen LogP contribution in [0, 0.1) is 0 Å². The number of fused-ring (bicyclic) bond motifs is 1. The number of nitrogens with one attached hydrogen (secondary N) is 2. The standard InChI is InChI=1S/C25H22N4O3/c26-25(31)29-22(18-8-4-12-20(15-18)32-19-10-2-1-3-11-19)16-23(30)28-21-13-5-7-17-9-6-14-27-24(17)21/h1-15,22H,16H2,(H,28,30)(H3,26,29,31)/t22-/m0/s1. The molecule has 32 heavy (non-hydrogen) atoms. The van der Waals surface area contributed by atoms with E-state index in [0.29, 0.717) is 28.3 Å². The van der Waals surface area contributed by atoms with Crippen molar-refractivity contribution in [3.05, 3.63) is 96.7 Å². The molecule has 3 aromatic carbocycles. The predicted molar refractivity (Wildman–Crippen MR) is 123 cm³/mol. The van der Waals surface area contributed by atoms with E-state index in [4.69, 9.17) is 10.5 Å². The predicted octanol–water partition coefficient (Wildman–Crippen LogP) is 4.77. The summed E-state index contributed by atoms with van der Waals surface area (Å²) in [5.41, 5.74) is 7.37. The summed E-state index contributed by atoms with van der Waals surface area (Å²) < 4.78 is 5.87. The molecule has 160 valence electrons. The molecule has 0 saturated carbocycles. The molecule has 0 fully saturated rings. The maximum Gasteiger partial charge on any atom is 0.312 e. The number of carbonyl (C=O) groups excluding carboxylic acids is 2. The van der Waals surface area contributed by atoms with Crippen LogP contribution < -0.4 is 21.1 Å². The number of primary amides is 1. The van der Waals surface area contributed by atoms with Crippen LogP contribution in [0.1, 0.15) is 18.0 Å². The zero-order valence-electron chi connectivity index (χ0n) is 17.2. The van der Waals surface area contributed by atoms with Gasteiger partial charge in [0.2, 0.25) is 5.91 Å². The molecule has 0 aliphatic rings. The number of rotatable bonds is 7. The lowest BCUT2D eigenvalue weighted by Gasteiger charge is -2.19. The summed E-state index contributed by atoms with van der Waals surface area (Å²) in [6.07, 6.45) is 1.66. The van der Waals surface area contributed by atoms with Crippen molar-refractivity contribution in [1.82, 2.24) is 10.3 Å². The molecule has 4 aromatic rings. The van der Waals surface area contributed by atoms with Crippen LogP contribution in [0.3, 0.4) is 0 Å². The number of aromatic nitrogens is 1. The van der Waals surface area contributed by atoms with Gasteiger partial charge in [0.1, 0.15) is 11.5 Å². The van der Waals surface area contributed by atoms with E-state index in [1.54, 1.807) is 30.5 Å². The summed E-state index contributed by atoms with van der Waals surface area (Å²) in [5.74, 6) is 0.991. The first kappa shape index (κ1) is 20.9. The first-order valence-corrected chi connectivity index (χ1v) is 10.1. The molecule has 1 aromatic heterocycles. The number of anilines is 1. The number of ether oxygens (including phenoxy) is 1. The van der Waals surface area contributed by atoms with Crippen molar-refractivity contribution in [2.75, 3.05) is 5.32 Å². The van der Waals surface area contributed by atoms with Gasteiger partial charge in [0.05, 0.1) is 23.7 Å². The van der Waals surface area contributed by atoms with Crippen LogP contribution in [-0.2, 0) is 4.79 Å². The molecule has 7 nitrogen and oxygen atoms in total. The molecule has 0 unspecified atom stereocenters. The maximum atomic E-state index is 12.8. The highest BCUT2D eigenvalue weighted by Crippen LogP contribution is 2.27. The number of nitrogens with zero attached hydrogens (tertiary/aromatic N) is 1. The average molecular weight is 426 g/mol. The van der Waals surface area contributed by atoms with Gasteiger partial charge >= 0.3 is 6.03 Å². The van der Waals surface area contributed by atoms with E-state index >= 15 is 0 Å². The van der Waals surface area contributed by atoms with Crippen LogP contribution in [-0.4, -0.2) is 16.9 Å². The number of pyridine rings is 1. The summed E-state index contributed by atoms with van der Waals surface area (Å²) >= 11 is 0. The molecule has 3 amide bonds. The Labute approximate surface area is 185 Å². The van der Waals surface area contributed by atoms with Gasteiger partial charge in [-0.25, -0.2) is 4.79 Å². The van der Waals surface area contributed by atoms with Gasteiger partial charge in [-0.05, 0) is 42.0 Å². The minimum atomic E-state index is -0.719. The zero-order chi connectivity index (χ0) is 22.3. The van der Waals surface area contributed by atoms with Crippen LogP contribution >= 0.6 is 0 Å². The van der Waals surface area contributed by atoms with E-state index in [-0.39, 0.29) is 12.3 Å². The van der Waals surface area contributed by atoms with Gasteiger partial charge in [-0.3, -0.25) is 9.78 Å². The number of hydrogen-bond donors (Lipinski definition) is 3. The third-order valence-electron chi connectivity index (χ3n) is 4.85. The molecule has 7 heteroatoms. The number of urea groups is 1. The first-order chi connectivity index (χ1) is 15.6. The minimum Gasteiger partial charge on any atom is -0.457 e. The fraction of sp³-hybridized carbons (Fsp3) is 0.0800. The summed E-state index contributed by atoms with van der Waals surface area (Å²) in [4.78, 5) is 28.8. The topological polar surface area (TPSA) is 106 Å². The van der Waals surface area contributed by atoms with Crippen LogP contribution in [0.25, 0.3) is 10.9 Å². The maximum absolute atomic E-state index is 12.8. The Morgan fingerprint density at radius 2 is 1.66 bits per heavy atom. The highest BCUT2D eigenvalue weighted by molar-refractivity contribution is 6.00. The normalized spacial score (nSPS) is 11.5. The molecule has 0 bridgehead atoms. The molecule has 0 radical (unpaired) electrons. The van der Waals surface area contributed by atoms with Gasteiger partial charge < -0.3 is 21.1 Å². The van der Waals surface area contributed by atoms with E-state index in [1.165, 1.54) is 0 Å². The lowest BCUT2D eigenvalue weighted by atomic mass is 10.0. The van der Waals surface area contributed by atoms with Gasteiger partial charge in [-0.2, -0.15) is 0 Å². The van der Waals surface area contributed by atoms with Gasteiger partial charge in [-0.1, -0.05) is 48.5 Å². The van der Waals surface area contributed by atoms with Crippen LogP contribution in [0.4, 0.5) is 10.5 Å². The lowest BCUT2D eigenvalue weighted by molar-refractivity contribution is -0.116. The van der Waals surface area contributed by atoms with Crippen molar-refractivity contribution in [3.63, 3.8) is 0 Å². The molecule has 0 aliphatic carbocycles. The fourth-order valence-corrected chi connectivity index (χ4v) is 3.44. The van der Waals surface area contributed by atoms with E-state index in [2.05, 4.69) is 15.6 Å². The molecular weight excluding hydrogens is 404 g/mol. The van der Waals surface area contributed by atoms with Gasteiger partial charge in [0.25, 0.3) is 0 Å². The number of carbonyl (C=O) groups is 2. The summed E-state index contributed by atoms with van der Waals surface area (Å²) in [6.45, 7) is 0. The first-order valence-electron chi connectivity index (χ1n) is 10.1. The number of nitrogens with two attached hydrogens (primary N) is 1. The van der Waals surface area contributed by atoms with Crippen LogP contribution in [0.15, 0.2) is 91.1 Å². The zero-order valence-corrected chi connectivity index (χ0v) is 17.2. The monoisotopic (exact) mass is 426 g/mol. The van der Waals surface area contributed by atoms with Gasteiger partial charge in [0, 0.05) is 11.6 Å². The van der Waals surface area contributed by atoms with E-state index in [1.807, 2.05) is 60.7 Å². The van der Waals surface area contributed by atoms with Crippen molar-refractivity contribution in [3.8, 4) is 11.5 Å². The Morgan fingerprint density at radius 1 is 0.906 bits per heavy atom. The van der Waals surface area contributed by atoms with Gasteiger partial charge in [-0.15, -0.1) is 0 Å². The molecule has 4 rings (SSSR count). The smallest absolute Gasteiger partial charge is 0.312 e. The van der Waals surface area contributed by atoms with Crippen molar-refractivity contribution >= 4 is 28.5 Å². The number of benzene rings is 3. The largest absolute Gasteiger partial charge is 0.457 e. The lowest BCUT2D eigenvalue weighted by Crippen LogP contribution is -2.35. The summed E-state index contributed by atoms with van der Waals surface area (Å²) in [5, 5.41) is 6.46. The Bertz CT molecular complexity index is 1240. The third-order valence-corrected chi connectivity index (χ3v) is 4.85. The van der Waals surface area contributed by atoms with Crippen molar-refractivity contribution < 1.29 is 14.3 Å². The molecule has 0 aliphatic heterocycles. The van der Waals surface area contributed by atoms with Crippen LogP contribution in [0.2, 0.25) is 0 Å². The highest BCUT2D eigenvalue weighted by Gasteiger charge is 2.19. The second-order valence-electron chi connectivity index (χ2n) is 7.18. The van der Waals surface area contributed by atoms with Crippen molar-refractivity contribution in [2.45, 2.75) is 12.5 Å². The SMILES string of the molecule is NC(=O)N[C@@H](CC(=O)Nc1cccc2cccnc12)c1cccc(Oc2ccccc2)c1. The molecule has 0 saturated heterocycles. The molecule has 0 spiro atoms. The fourth-order valence-electron chi connectivity index (χ4n) is 3.44. The van der Waals surface area contributed by atoms with E-state index < -0.39 is 12.1 Å². The van der Waals surface area contributed by atoms with E-state index in [9.17, 15) is 9.59 Å². The van der Waals surface area contributed by atoms with Crippen molar-refractivity contribution in [1.29, 1.82) is 0 Å². The second-order valence-corrected chi connectivity index (χ2v) is 7.18. The number of hydrogen-bond acceptors (Lipinski definition) is 4. The van der Waals surface area contributed by atoms with Crippen molar-refractivity contribution in [2.24, 2.45) is 5.73 Å². The number of amides is 3. The Hall–Kier alpha value is -4.39. The van der Waals surface area contributed by atoms with Crippen LogP contribution in [0.5, 0.6) is 11.5 Å². The minimum absolute atomic E-state index is 0.0129. The van der Waals surface area contributed by atoms with E-state index in [0.717, 1.165) is 5.39 Å². The molecule has 4 N–H and O–H groups in total. The molecule has 1 heterocycles. The quantitative estimate of drug-likeness (QED) is 0.396. The number of para-hydroxylation sites is 2. The Morgan fingerprint density at radius 3 is 2.47 bits per heavy atom. The highest BCUT2D eigenvalue weighted by atomic mass is 16.5. The molecule has 1 atom stereocenters. The van der Waals surface area contributed by atoms with Gasteiger partial charge in [0.15, 0.2) is 0 Å². The Balaban J connectivity index is 1.53. The Kier molecular flexibility index (Phi) is 6.27. The average Bonchev–Trinajstić information content (AvgIpc) is 2.79. The summed E-state index contributed by atoms with van der Waals surface area (Å²) in [6, 6.07) is 24.5. The second kappa shape index (κ2) is 9.61. The molecular formula is C25H22N4O3. The third kappa shape index (κ3) is 5.20.